The summed E-state index contributed by atoms with van der Waals surface area (Å²) in [4.78, 5) is 33.3. The molecule has 0 aliphatic heterocycles. The summed E-state index contributed by atoms with van der Waals surface area (Å²) >= 11 is 1.33. The van der Waals surface area contributed by atoms with Crippen LogP contribution in [0.25, 0.3) is 16.7 Å². The maximum absolute atomic E-state index is 14.3. The van der Waals surface area contributed by atoms with Crippen molar-refractivity contribution < 1.29 is 4.39 Å². The predicted octanol–water partition coefficient (Wildman–Crippen LogP) is 2.37. The first kappa shape index (κ1) is 18.1. The monoisotopic (exact) mass is 375 g/mol. The Balaban J connectivity index is 2.44. The molecule has 0 aliphatic rings. The Bertz CT molecular complexity index is 1110. The van der Waals surface area contributed by atoms with Crippen molar-refractivity contribution in [3.05, 3.63) is 57.6 Å². The van der Waals surface area contributed by atoms with Gasteiger partial charge in [-0.3, -0.25) is 9.59 Å². The van der Waals surface area contributed by atoms with Gasteiger partial charge in [-0.25, -0.2) is 23.7 Å². The molecule has 0 bridgehead atoms. The van der Waals surface area contributed by atoms with E-state index in [1.165, 1.54) is 38.1 Å². The molecule has 0 amide bonds. The van der Waals surface area contributed by atoms with Gasteiger partial charge in [-0.05, 0) is 20.1 Å². The molecule has 3 aromatic rings. The molecule has 0 saturated carbocycles. The molecular weight excluding hydrogens is 357 g/mol. The Kier molecular flexibility index (Phi) is 4.82. The van der Waals surface area contributed by atoms with E-state index >= 15 is 0 Å². The van der Waals surface area contributed by atoms with Crippen molar-refractivity contribution in [1.29, 1.82) is 0 Å². The Morgan fingerprint density at radius 2 is 2.08 bits per heavy atom. The third-order valence-corrected chi connectivity index (χ3v) is 4.49. The Labute approximate surface area is 152 Å². The number of hydrogen-bond donors (Lipinski definition) is 0. The van der Waals surface area contributed by atoms with Crippen LogP contribution < -0.4 is 11.1 Å². The minimum atomic E-state index is -0.894. The first-order chi connectivity index (χ1) is 12.4. The fraction of sp³-hybridized carbons (Fsp3) is 0.294. The van der Waals surface area contributed by atoms with Crippen LogP contribution in [-0.2, 0) is 6.54 Å². The number of aromatic nitrogens is 5. The maximum atomic E-state index is 14.3. The van der Waals surface area contributed by atoms with Crippen LogP contribution in [0.4, 0.5) is 4.39 Å². The summed E-state index contributed by atoms with van der Waals surface area (Å²) in [6.07, 6.45) is 6.37. The number of rotatable bonds is 5. The average molecular weight is 375 g/mol. The van der Waals surface area contributed by atoms with E-state index < -0.39 is 11.4 Å². The number of thioether (sulfide) groups is 1. The van der Waals surface area contributed by atoms with Crippen molar-refractivity contribution in [2.45, 2.75) is 31.6 Å². The zero-order chi connectivity index (χ0) is 19.0. The van der Waals surface area contributed by atoms with Crippen LogP contribution in [0.2, 0.25) is 0 Å². The highest BCUT2D eigenvalue weighted by molar-refractivity contribution is 7.98. The van der Waals surface area contributed by atoms with Gasteiger partial charge in [0.25, 0.3) is 11.1 Å². The highest BCUT2D eigenvalue weighted by Crippen LogP contribution is 2.19. The lowest BCUT2D eigenvalue weighted by molar-refractivity contribution is 0.516. The summed E-state index contributed by atoms with van der Waals surface area (Å²) in [5.74, 6) is -0.894. The third-order valence-electron chi connectivity index (χ3n) is 3.92. The molecule has 0 aromatic carbocycles. The van der Waals surface area contributed by atoms with Crippen LogP contribution in [-0.4, -0.2) is 30.2 Å². The molecule has 0 saturated heterocycles. The van der Waals surface area contributed by atoms with Crippen LogP contribution in [0.15, 0.2) is 45.9 Å². The van der Waals surface area contributed by atoms with Gasteiger partial charge in [-0.1, -0.05) is 17.8 Å². The number of allylic oxidation sites excluding steroid dienone is 1. The molecule has 136 valence electrons. The van der Waals surface area contributed by atoms with Gasteiger partial charge in [-0.15, -0.1) is 6.58 Å². The summed E-state index contributed by atoms with van der Waals surface area (Å²) < 4.78 is 18.4. The summed E-state index contributed by atoms with van der Waals surface area (Å²) in [6, 6.07) is 0.871. The van der Waals surface area contributed by atoms with Gasteiger partial charge in [0.2, 0.25) is 0 Å². The van der Waals surface area contributed by atoms with E-state index in [-0.39, 0.29) is 18.1 Å². The number of hydrogen-bond acceptors (Lipinski definition) is 5. The number of fused-ring (bicyclic) bond motifs is 1. The zero-order valence-corrected chi connectivity index (χ0v) is 15.5. The largest absolute Gasteiger partial charge is 0.308 e. The first-order valence-electron chi connectivity index (χ1n) is 7.94. The molecule has 3 rings (SSSR count). The molecular formula is C17H18FN5O2S. The van der Waals surface area contributed by atoms with Crippen molar-refractivity contribution >= 4 is 22.8 Å². The van der Waals surface area contributed by atoms with Gasteiger partial charge in [0, 0.05) is 24.5 Å². The van der Waals surface area contributed by atoms with Crippen LogP contribution in [0, 0.1) is 5.82 Å². The van der Waals surface area contributed by atoms with E-state index in [0.29, 0.717) is 21.9 Å². The number of pyridine rings is 1. The average Bonchev–Trinajstić information content (AvgIpc) is 2.89. The quantitative estimate of drug-likeness (QED) is 0.389. The molecule has 26 heavy (non-hydrogen) atoms. The third kappa shape index (κ3) is 2.88. The molecule has 0 aliphatic carbocycles. The highest BCUT2D eigenvalue weighted by Gasteiger charge is 2.19. The number of nitrogens with zero attached hydrogens (tertiary/aromatic N) is 5. The molecule has 0 radical (unpaired) electrons. The first-order valence-corrected chi connectivity index (χ1v) is 9.17. The van der Waals surface area contributed by atoms with Gasteiger partial charge in [-0.2, -0.15) is 0 Å². The van der Waals surface area contributed by atoms with Gasteiger partial charge in [0.05, 0.1) is 12.2 Å². The minimum absolute atomic E-state index is 0.201. The van der Waals surface area contributed by atoms with Crippen LogP contribution >= 0.6 is 11.8 Å². The Morgan fingerprint density at radius 1 is 1.35 bits per heavy atom. The van der Waals surface area contributed by atoms with E-state index in [9.17, 15) is 14.0 Å². The van der Waals surface area contributed by atoms with Gasteiger partial charge >= 0.3 is 0 Å². The van der Waals surface area contributed by atoms with E-state index in [1.807, 2.05) is 6.26 Å². The Hall–Kier alpha value is -2.68. The van der Waals surface area contributed by atoms with Crippen LogP contribution in [0.1, 0.15) is 19.9 Å². The standard InChI is InChI=1S/C17H18FN5O2S/c1-5-6-22-15(24)12-8-19-17(26-4)20-14(12)23(22)11-7-13(18)16(25)21(9-11)10(2)3/h5,7-10H,1,6H2,2-4H3. The molecule has 9 heteroatoms. The second-order valence-corrected chi connectivity index (χ2v) is 6.71. The van der Waals surface area contributed by atoms with Crippen molar-refractivity contribution in [1.82, 2.24) is 23.9 Å². The van der Waals surface area contributed by atoms with Crippen molar-refractivity contribution in [2.24, 2.45) is 0 Å². The fourth-order valence-corrected chi connectivity index (χ4v) is 3.05. The normalized spacial score (nSPS) is 11.4. The molecule has 0 atom stereocenters. The summed E-state index contributed by atoms with van der Waals surface area (Å²) in [6.45, 7) is 7.43. The lowest BCUT2D eigenvalue weighted by atomic mass is 10.3. The van der Waals surface area contributed by atoms with Crippen molar-refractivity contribution in [3.63, 3.8) is 0 Å². The van der Waals surface area contributed by atoms with Crippen molar-refractivity contribution in [2.75, 3.05) is 6.26 Å². The smallest absolute Gasteiger partial charge is 0.286 e. The Morgan fingerprint density at radius 3 is 2.69 bits per heavy atom. The lowest BCUT2D eigenvalue weighted by Gasteiger charge is -2.15. The van der Waals surface area contributed by atoms with E-state index in [4.69, 9.17) is 0 Å². The maximum Gasteiger partial charge on any atom is 0.286 e. The second-order valence-electron chi connectivity index (χ2n) is 5.93. The van der Waals surface area contributed by atoms with Crippen molar-refractivity contribution in [3.8, 4) is 5.69 Å². The molecule has 0 unspecified atom stereocenters. The fourth-order valence-electron chi connectivity index (χ4n) is 2.71. The lowest BCUT2D eigenvalue weighted by Crippen LogP contribution is -2.27. The topological polar surface area (TPSA) is 74.7 Å². The van der Waals surface area contributed by atoms with Crippen LogP contribution in [0.3, 0.4) is 0 Å². The highest BCUT2D eigenvalue weighted by atomic mass is 32.2. The molecule has 3 aromatic heterocycles. The molecule has 0 fully saturated rings. The van der Waals surface area contributed by atoms with Gasteiger partial charge in [0.1, 0.15) is 5.39 Å². The second kappa shape index (κ2) is 6.91. The summed E-state index contributed by atoms with van der Waals surface area (Å²) in [5.41, 5.74) is -0.340. The van der Waals surface area contributed by atoms with Gasteiger partial charge < -0.3 is 4.57 Å². The summed E-state index contributed by atoms with van der Waals surface area (Å²) in [5, 5.41) is 0.798. The minimum Gasteiger partial charge on any atom is -0.308 e. The zero-order valence-electron chi connectivity index (χ0n) is 14.6. The van der Waals surface area contributed by atoms with Gasteiger partial charge in [0.15, 0.2) is 16.6 Å². The predicted molar refractivity (Wildman–Crippen MR) is 99.7 cm³/mol. The van der Waals surface area contributed by atoms with Crippen LogP contribution in [0.5, 0.6) is 0 Å². The van der Waals surface area contributed by atoms with E-state index in [1.54, 1.807) is 19.9 Å². The molecule has 0 spiro atoms. The summed E-state index contributed by atoms with van der Waals surface area (Å²) in [7, 11) is 0. The van der Waals surface area contributed by atoms with E-state index in [2.05, 4.69) is 16.5 Å². The molecule has 3 heterocycles. The molecule has 7 nitrogen and oxygen atoms in total. The molecule has 0 N–H and O–H groups in total. The van der Waals surface area contributed by atoms with E-state index in [0.717, 1.165) is 6.07 Å². The number of halogens is 1. The SMILES string of the molecule is C=CCn1c(=O)c2cnc(SC)nc2n1-c1cc(F)c(=O)n(C(C)C)c1.